The summed E-state index contributed by atoms with van der Waals surface area (Å²) in [7, 11) is 0. The molecule has 0 saturated carbocycles. The summed E-state index contributed by atoms with van der Waals surface area (Å²) in [5, 5.41) is 10.8. The Labute approximate surface area is 145 Å². The molecular weight excluding hydrogens is 372 g/mol. The fourth-order valence-corrected chi connectivity index (χ4v) is 3.01. The summed E-state index contributed by atoms with van der Waals surface area (Å²) in [4.78, 5) is 16.6. The second kappa shape index (κ2) is 5.76. The Bertz CT molecular complexity index is 1070. The van der Waals surface area contributed by atoms with E-state index < -0.39 is 0 Å². The van der Waals surface area contributed by atoms with Crippen LogP contribution in [0.3, 0.4) is 0 Å². The Morgan fingerprint density at radius 3 is 3.04 bits per heavy atom. The maximum atomic E-state index is 12.3. The first-order chi connectivity index (χ1) is 11.6. The molecule has 2 aromatic carbocycles. The Morgan fingerprint density at radius 1 is 1.29 bits per heavy atom. The van der Waals surface area contributed by atoms with Crippen molar-refractivity contribution in [3.05, 3.63) is 52.3 Å². The van der Waals surface area contributed by atoms with Crippen molar-refractivity contribution in [1.29, 1.82) is 0 Å². The second-order valence-electron chi connectivity index (χ2n) is 5.52. The lowest BCUT2D eigenvalue weighted by molar-refractivity contribution is -0.115. The van der Waals surface area contributed by atoms with Gasteiger partial charge < -0.3 is 9.73 Å². The monoisotopic (exact) mass is 384 g/mol. The number of anilines is 1. The summed E-state index contributed by atoms with van der Waals surface area (Å²) in [6, 6.07) is 11.3. The van der Waals surface area contributed by atoms with Crippen molar-refractivity contribution >= 4 is 49.7 Å². The zero-order valence-electron chi connectivity index (χ0n) is 12.8. The summed E-state index contributed by atoms with van der Waals surface area (Å²) in [5.74, 6) is 1.01. The number of carbonyl (C=O) groups excluding carboxylic acids is 1. The largest absolute Gasteiger partial charge is 0.441 e. The second-order valence-corrected chi connectivity index (χ2v) is 6.44. The Kier molecular flexibility index (Phi) is 3.57. The van der Waals surface area contributed by atoms with Gasteiger partial charge in [-0.15, -0.1) is 0 Å². The van der Waals surface area contributed by atoms with Crippen LogP contribution >= 0.6 is 15.9 Å². The molecule has 1 amide bonds. The van der Waals surface area contributed by atoms with E-state index in [4.69, 9.17) is 4.42 Å². The number of aromatic amines is 1. The van der Waals surface area contributed by atoms with Crippen LogP contribution in [0.25, 0.3) is 22.0 Å². The van der Waals surface area contributed by atoms with Crippen molar-refractivity contribution in [3.8, 4) is 0 Å². The van der Waals surface area contributed by atoms with Gasteiger partial charge >= 0.3 is 0 Å². The van der Waals surface area contributed by atoms with Crippen molar-refractivity contribution in [2.75, 3.05) is 5.32 Å². The minimum absolute atomic E-state index is 0.133. The number of oxazole rings is 1. The number of amides is 1. The first kappa shape index (κ1) is 14.9. The number of nitrogens with one attached hydrogen (secondary N) is 2. The number of benzene rings is 2. The lowest BCUT2D eigenvalue weighted by Gasteiger charge is -2.03. The van der Waals surface area contributed by atoms with Crippen LogP contribution in [-0.2, 0) is 11.2 Å². The summed E-state index contributed by atoms with van der Waals surface area (Å²) in [6.45, 7) is 1.80. The molecule has 0 fully saturated rings. The standard InChI is InChI=1S/C17H13BrN4O2/c1-9-19-14-6-10(2-5-15(14)24-9)7-16(23)20-17-12-4-3-11(18)8-13(12)21-22-17/h2-6,8H,7H2,1H3,(H2,20,21,22,23). The molecule has 2 heterocycles. The van der Waals surface area contributed by atoms with Crippen LogP contribution in [-0.4, -0.2) is 21.1 Å². The van der Waals surface area contributed by atoms with Gasteiger partial charge in [0, 0.05) is 16.8 Å². The molecule has 7 heteroatoms. The van der Waals surface area contributed by atoms with Gasteiger partial charge in [-0.1, -0.05) is 22.0 Å². The van der Waals surface area contributed by atoms with Crippen molar-refractivity contribution in [1.82, 2.24) is 15.2 Å². The fraction of sp³-hybridized carbons (Fsp3) is 0.118. The minimum Gasteiger partial charge on any atom is -0.441 e. The third-order valence-electron chi connectivity index (χ3n) is 3.71. The van der Waals surface area contributed by atoms with E-state index in [2.05, 4.69) is 36.4 Å². The van der Waals surface area contributed by atoms with Crippen LogP contribution in [0.1, 0.15) is 11.5 Å². The summed E-state index contributed by atoms with van der Waals surface area (Å²) in [5.41, 5.74) is 3.21. The number of aromatic nitrogens is 3. The normalized spacial score (nSPS) is 11.2. The van der Waals surface area contributed by atoms with Gasteiger partial charge in [-0.2, -0.15) is 5.10 Å². The Morgan fingerprint density at radius 2 is 2.17 bits per heavy atom. The minimum atomic E-state index is -0.133. The number of aryl methyl sites for hydroxylation is 1. The smallest absolute Gasteiger partial charge is 0.230 e. The molecule has 0 atom stereocenters. The number of hydrogen-bond acceptors (Lipinski definition) is 4. The molecule has 2 N–H and O–H groups in total. The molecule has 0 unspecified atom stereocenters. The van der Waals surface area contributed by atoms with E-state index in [1.165, 1.54) is 0 Å². The maximum absolute atomic E-state index is 12.3. The number of carbonyl (C=O) groups is 1. The number of nitrogens with zero attached hydrogens (tertiary/aromatic N) is 2. The van der Waals surface area contributed by atoms with E-state index in [0.717, 1.165) is 32.0 Å². The van der Waals surface area contributed by atoms with Gasteiger partial charge in [-0.05, 0) is 35.9 Å². The van der Waals surface area contributed by atoms with E-state index >= 15 is 0 Å². The highest BCUT2D eigenvalue weighted by molar-refractivity contribution is 9.10. The highest BCUT2D eigenvalue weighted by Gasteiger charge is 2.11. The SMILES string of the molecule is Cc1nc2cc(CC(=O)Nc3n[nH]c4cc(Br)ccc34)ccc2o1. The van der Waals surface area contributed by atoms with Crippen molar-refractivity contribution in [3.63, 3.8) is 0 Å². The summed E-state index contributed by atoms with van der Waals surface area (Å²) >= 11 is 3.41. The van der Waals surface area contributed by atoms with Crippen LogP contribution in [0, 0.1) is 6.92 Å². The molecule has 24 heavy (non-hydrogen) atoms. The van der Waals surface area contributed by atoms with E-state index in [-0.39, 0.29) is 12.3 Å². The zero-order chi connectivity index (χ0) is 16.7. The molecule has 120 valence electrons. The van der Waals surface area contributed by atoms with Crippen LogP contribution in [0.5, 0.6) is 0 Å². The molecule has 4 aromatic rings. The molecule has 0 aliphatic heterocycles. The molecule has 0 saturated heterocycles. The summed E-state index contributed by atoms with van der Waals surface area (Å²) < 4.78 is 6.39. The number of fused-ring (bicyclic) bond motifs is 2. The molecule has 4 rings (SSSR count). The van der Waals surface area contributed by atoms with Crippen LogP contribution in [0.2, 0.25) is 0 Å². The van der Waals surface area contributed by atoms with Crippen LogP contribution in [0.4, 0.5) is 5.82 Å². The molecule has 0 aliphatic carbocycles. The van der Waals surface area contributed by atoms with Gasteiger partial charge in [-0.3, -0.25) is 9.89 Å². The van der Waals surface area contributed by atoms with Crippen molar-refractivity contribution in [2.24, 2.45) is 0 Å². The van der Waals surface area contributed by atoms with Gasteiger partial charge in [0.25, 0.3) is 0 Å². The molecule has 0 radical (unpaired) electrons. The lowest BCUT2D eigenvalue weighted by atomic mass is 10.1. The van der Waals surface area contributed by atoms with E-state index in [1.807, 2.05) is 36.4 Å². The highest BCUT2D eigenvalue weighted by atomic mass is 79.9. The van der Waals surface area contributed by atoms with Crippen LogP contribution < -0.4 is 5.32 Å². The average Bonchev–Trinajstić information content (AvgIpc) is 3.09. The van der Waals surface area contributed by atoms with Gasteiger partial charge in [0.05, 0.1) is 11.9 Å². The maximum Gasteiger partial charge on any atom is 0.230 e. The third kappa shape index (κ3) is 2.78. The van der Waals surface area contributed by atoms with Crippen molar-refractivity contribution < 1.29 is 9.21 Å². The van der Waals surface area contributed by atoms with Gasteiger partial charge in [0.2, 0.25) is 5.91 Å². The molecule has 6 nitrogen and oxygen atoms in total. The molecule has 2 aromatic heterocycles. The lowest BCUT2D eigenvalue weighted by Crippen LogP contribution is -2.14. The van der Waals surface area contributed by atoms with Crippen LogP contribution in [0.15, 0.2) is 45.3 Å². The number of rotatable bonds is 3. The van der Waals surface area contributed by atoms with Crippen molar-refractivity contribution in [2.45, 2.75) is 13.3 Å². The zero-order valence-corrected chi connectivity index (χ0v) is 14.3. The molecule has 0 spiro atoms. The van der Waals surface area contributed by atoms with Gasteiger partial charge in [0.15, 0.2) is 17.3 Å². The third-order valence-corrected chi connectivity index (χ3v) is 4.20. The predicted octanol–water partition coefficient (Wildman–Crippen LogP) is 3.96. The van der Waals surface area contributed by atoms with Gasteiger partial charge in [-0.25, -0.2) is 4.98 Å². The Balaban J connectivity index is 1.54. The molecular formula is C17H13BrN4O2. The molecule has 0 aliphatic rings. The fourth-order valence-electron chi connectivity index (χ4n) is 2.65. The first-order valence-electron chi connectivity index (χ1n) is 7.38. The molecule has 0 bridgehead atoms. The Hall–Kier alpha value is -2.67. The average molecular weight is 385 g/mol. The quantitative estimate of drug-likeness (QED) is 0.559. The summed E-state index contributed by atoms with van der Waals surface area (Å²) in [6.07, 6.45) is 0.243. The van der Waals surface area contributed by atoms with E-state index in [0.29, 0.717) is 11.7 Å². The number of halogens is 1. The predicted molar refractivity (Wildman–Crippen MR) is 94.9 cm³/mol. The van der Waals surface area contributed by atoms with Gasteiger partial charge in [0.1, 0.15) is 5.52 Å². The van der Waals surface area contributed by atoms with E-state index in [9.17, 15) is 4.79 Å². The number of hydrogen-bond donors (Lipinski definition) is 2. The first-order valence-corrected chi connectivity index (χ1v) is 8.17. The van der Waals surface area contributed by atoms with E-state index in [1.54, 1.807) is 6.92 Å². The highest BCUT2D eigenvalue weighted by Crippen LogP contribution is 2.24. The number of H-pyrrole nitrogens is 1. The topological polar surface area (TPSA) is 83.8 Å².